The van der Waals surface area contributed by atoms with Gasteiger partial charge in [-0.3, -0.25) is 9.78 Å². The minimum absolute atomic E-state index is 0. The number of fused-ring (bicyclic) bond motifs is 1. The van der Waals surface area contributed by atoms with Crippen molar-refractivity contribution in [2.75, 3.05) is 5.32 Å². The first-order chi connectivity index (χ1) is 9.65. The predicted octanol–water partition coefficient (Wildman–Crippen LogP) is 3.31. The van der Waals surface area contributed by atoms with Crippen LogP contribution in [0.2, 0.25) is 5.02 Å². The molecule has 1 aromatic carbocycles. The summed E-state index contributed by atoms with van der Waals surface area (Å²) in [4.78, 5) is 29.6. The van der Waals surface area contributed by atoms with Gasteiger partial charge in [-0.15, -0.1) is 23.7 Å². The van der Waals surface area contributed by atoms with Gasteiger partial charge in [-0.05, 0) is 12.1 Å². The molecule has 1 amide bonds. The monoisotopic (exact) mass is 341 g/mol. The fourth-order valence-electron chi connectivity index (χ4n) is 1.78. The van der Waals surface area contributed by atoms with Crippen molar-refractivity contribution in [2.45, 2.75) is 0 Å². The lowest BCUT2D eigenvalue weighted by Crippen LogP contribution is -2.17. The molecule has 0 aliphatic rings. The normalized spacial score (nSPS) is 10.1. The lowest BCUT2D eigenvalue weighted by Gasteiger charge is -2.02. The van der Waals surface area contributed by atoms with Crippen LogP contribution in [0, 0.1) is 0 Å². The molecule has 0 atom stereocenters. The maximum atomic E-state index is 12.2. The highest BCUT2D eigenvalue weighted by molar-refractivity contribution is 7.21. The van der Waals surface area contributed by atoms with Crippen LogP contribution in [0.25, 0.3) is 10.1 Å². The van der Waals surface area contributed by atoms with Gasteiger partial charge in [0, 0.05) is 16.3 Å². The van der Waals surface area contributed by atoms with E-state index in [1.807, 2.05) is 24.3 Å². The first kappa shape index (κ1) is 15.5. The van der Waals surface area contributed by atoms with Crippen LogP contribution in [0.5, 0.6) is 0 Å². The minimum atomic E-state index is -0.523. The molecule has 3 aromatic rings. The van der Waals surface area contributed by atoms with Crippen molar-refractivity contribution in [3.8, 4) is 0 Å². The van der Waals surface area contributed by atoms with Gasteiger partial charge in [-0.1, -0.05) is 29.8 Å². The van der Waals surface area contributed by atoms with E-state index in [1.54, 1.807) is 0 Å². The van der Waals surface area contributed by atoms with Crippen LogP contribution >= 0.6 is 35.3 Å². The smallest absolute Gasteiger partial charge is 0.307 e. The summed E-state index contributed by atoms with van der Waals surface area (Å²) in [5, 5.41) is 3.85. The zero-order valence-electron chi connectivity index (χ0n) is 10.4. The first-order valence-electron chi connectivity index (χ1n) is 5.69. The van der Waals surface area contributed by atoms with E-state index in [2.05, 4.69) is 15.3 Å². The summed E-state index contributed by atoms with van der Waals surface area (Å²) in [6, 6.07) is 9.01. The van der Waals surface area contributed by atoms with E-state index >= 15 is 0 Å². The van der Waals surface area contributed by atoms with Gasteiger partial charge in [-0.2, -0.15) is 0 Å². The molecule has 2 N–H and O–H groups in total. The van der Waals surface area contributed by atoms with Crippen LogP contribution in [-0.2, 0) is 0 Å². The summed E-state index contributed by atoms with van der Waals surface area (Å²) in [6.07, 6.45) is 1.32. The number of benzene rings is 1. The Kier molecular flexibility index (Phi) is 4.62. The molecular weight excluding hydrogens is 333 g/mol. The summed E-state index contributed by atoms with van der Waals surface area (Å²) in [6.45, 7) is 0. The second kappa shape index (κ2) is 6.26. The summed E-state index contributed by atoms with van der Waals surface area (Å²) in [7, 11) is 0. The van der Waals surface area contributed by atoms with Gasteiger partial charge < -0.3 is 5.32 Å². The molecule has 0 fully saturated rings. The molecule has 2 heterocycles. The number of halogens is 2. The van der Waals surface area contributed by atoms with Crippen molar-refractivity contribution >= 4 is 57.2 Å². The SMILES string of the molecule is Cl.O=C(Nc1ccnc(=O)[nH]1)c1sc2ccccc2c1Cl. The van der Waals surface area contributed by atoms with Gasteiger partial charge in [0.1, 0.15) is 10.7 Å². The molecule has 0 unspecified atom stereocenters. The third kappa shape index (κ3) is 3.07. The molecule has 0 aliphatic heterocycles. The topological polar surface area (TPSA) is 74.8 Å². The van der Waals surface area contributed by atoms with Crippen LogP contribution in [0.4, 0.5) is 5.82 Å². The summed E-state index contributed by atoms with van der Waals surface area (Å²) in [5.41, 5.74) is -0.523. The Bertz CT molecular complexity index is 860. The van der Waals surface area contributed by atoms with Crippen LogP contribution in [0.3, 0.4) is 0 Å². The Morgan fingerprint density at radius 3 is 2.76 bits per heavy atom. The number of hydrogen-bond acceptors (Lipinski definition) is 4. The van der Waals surface area contributed by atoms with Crippen LogP contribution in [0.1, 0.15) is 9.67 Å². The van der Waals surface area contributed by atoms with Gasteiger partial charge in [0.05, 0.1) is 5.02 Å². The van der Waals surface area contributed by atoms with Crippen molar-refractivity contribution < 1.29 is 4.79 Å². The van der Waals surface area contributed by atoms with E-state index in [-0.39, 0.29) is 24.1 Å². The maximum absolute atomic E-state index is 12.2. The number of hydrogen-bond donors (Lipinski definition) is 2. The largest absolute Gasteiger partial charge is 0.346 e. The number of amides is 1. The lowest BCUT2D eigenvalue weighted by molar-refractivity contribution is 0.103. The fourth-order valence-corrected chi connectivity index (χ4v) is 3.19. The molecule has 0 saturated carbocycles. The average molecular weight is 342 g/mol. The average Bonchev–Trinajstić information content (AvgIpc) is 2.77. The molecule has 0 radical (unpaired) electrons. The van der Waals surface area contributed by atoms with Gasteiger partial charge in [-0.25, -0.2) is 9.78 Å². The Balaban J connectivity index is 0.00000161. The number of rotatable bonds is 2. The van der Waals surface area contributed by atoms with Gasteiger partial charge >= 0.3 is 5.69 Å². The highest BCUT2D eigenvalue weighted by Crippen LogP contribution is 2.35. The Morgan fingerprint density at radius 1 is 1.29 bits per heavy atom. The van der Waals surface area contributed by atoms with Crippen LogP contribution < -0.4 is 11.0 Å². The zero-order chi connectivity index (χ0) is 14.1. The molecule has 8 heteroatoms. The van der Waals surface area contributed by atoms with Crippen LogP contribution in [-0.4, -0.2) is 15.9 Å². The van der Waals surface area contributed by atoms with E-state index in [1.165, 1.54) is 23.6 Å². The van der Waals surface area contributed by atoms with E-state index in [0.717, 1.165) is 10.1 Å². The number of anilines is 1. The number of nitrogens with zero attached hydrogens (tertiary/aromatic N) is 1. The minimum Gasteiger partial charge on any atom is -0.307 e. The number of nitrogens with one attached hydrogen (secondary N) is 2. The molecule has 0 spiro atoms. The molecule has 21 heavy (non-hydrogen) atoms. The summed E-state index contributed by atoms with van der Waals surface area (Å²) < 4.78 is 0.936. The van der Waals surface area contributed by atoms with Crippen molar-refractivity contribution in [3.05, 3.63) is 56.9 Å². The molecule has 0 bridgehead atoms. The molecule has 108 valence electrons. The lowest BCUT2D eigenvalue weighted by atomic mass is 10.2. The van der Waals surface area contributed by atoms with E-state index in [9.17, 15) is 9.59 Å². The Hall–Kier alpha value is -1.89. The number of aromatic amines is 1. The van der Waals surface area contributed by atoms with E-state index < -0.39 is 5.69 Å². The van der Waals surface area contributed by atoms with Gasteiger partial charge in [0.2, 0.25) is 0 Å². The van der Waals surface area contributed by atoms with Crippen molar-refractivity contribution in [1.82, 2.24) is 9.97 Å². The van der Waals surface area contributed by atoms with Crippen molar-refractivity contribution in [1.29, 1.82) is 0 Å². The predicted molar refractivity (Wildman–Crippen MR) is 86.9 cm³/mol. The number of carbonyl (C=O) groups excluding carboxylic acids is 1. The Morgan fingerprint density at radius 2 is 2.05 bits per heavy atom. The van der Waals surface area contributed by atoms with Crippen molar-refractivity contribution in [2.24, 2.45) is 0 Å². The number of carbonyl (C=O) groups is 1. The molecule has 5 nitrogen and oxygen atoms in total. The summed E-state index contributed by atoms with van der Waals surface area (Å²) in [5.74, 6) is -0.0819. The zero-order valence-corrected chi connectivity index (χ0v) is 12.8. The van der Waals surface area contributed by atoms with Gasteiger partial charge in [0.25, 0.3) is 5.91 Å². The molecular formula is C13H9Cl2N3O2S. The highest BCUT2D eigenvalue weighted by Gasteiger charge is 2.17. The van der Waals surface area contributed by atoms with Gasteiger partial charge in [0.15, 0.2) is 0 Å². The second-order valence-corrected chi connectivity index (χ2v) is 5.41. The van der Waals surface area contributed by atoms with Crippen molar-refractivity contribution in [3.63, 3.8) is 0 Å². The number of thiophene rings is 1. The number of H-pyrrole nitrogens is 1. The fraction of sp³-hybridized carbons (Fsp3) is 0. The second-order valence-electron chi connectivity index (χ2n) is 3.98. The third-order valence-electron chi connectivity index (χ3n) is 2.66. The highest BCUT2D eigenvalue weighted by atomic mass is 35.5. The first-order valence-corrected chi connectivity index (χ1v) is 6.88. The summed E-state index contributed by atoms with van der Waals surface area (Å²) >= 11 is 7.52. The molecule has 0 aliphatic carbocycles. The Labute approximate surface area is 134 Å². The standard InChI is InChI=1S/C13H8ClN3O2S.ClH/c14-10-7-3-1-2-4-8(7)20-11(10)12(18)16-9-5-6-15-13(19)17-9;/h1-6H,(H2,15,16,17,18,19);1H. The molecule has 2 aromatic heterocycles. The van der Waals surface area contributed by atoms with E-state index in [4.69, 9.17) is 11.6 Å². The molecule has 3 rings (SSSR count). The third-order valence-corrected chi connectivity index (χ3v) is 4.34. The molecule has 0 saturated heterocycles. The number of aromatic nitrogens is 2. The quantitative estimate of drug-likeness (QED) is 0.750. The van der Waals surface area contributed by atoms with Crippen LogP contribution in [0.15, 0.2) is 41.3 Å². The maximum Gasteiger partial charge on any atom is 0.346 e. The van der Waals surface area contributed by atoms with E-state index in [0.29, 0.717) is 9.90 Å².